The zero-order chi connectivity index (χ0) is 16.5. The third-order valence-electron chi connectivity index (χ3n) is 4.14. The van der Waals surface area contributed by atoms with E-state index in [-0.39, 0.29) is 22.8 Å². The molecule has 1 radical (unpaired) electrons. The predicted octanol–water partition coefficient (Wildman–Crippen LogP) is 3.34. The second-order valence-electron chi connectivity index (χ2n) is 7.67. The molecule has 1 aromatic heterocycles. The minimum absolute atomic E-state index is 0.0234. The summed E-state index contributed by atoms with van der Waals surface area (Å²) in [5.74, 6) is -0.247. The van der Waals surface area contributed by atoms with Gasteiger partial charge in [0, 0.05) is 23.7 Å². The first-order chi connectivity index (χ1) is 10.1. The smallest absolute Gasteiger partial charge is 0.218 e. The lowest BCUT2D eigenvalue weighted by molar-refractivity contribution is -0.118. The molecule has 2 rings (SSSR count). The average Bonchev–Trinajstić information content (AvgIpc) is 3.15. The van der Waals surface area contributed by atoms with Crippen LogP contribution in [0, 0.1) is 5.41 Å². The van der Waals surface area contributed by atoms with E-state index >= 15 is 0 Å². The zero-order valence-corrected chi connectivity index (χ0v) is 15.3. The van der Waals surface area contributed by atoms with Crippen molar-refractivity contribution in [2.75, 3.05) is 0 Å². The molecule has 1 amide bonds. The number of carbonyl (C=O) groups excluding carboxylic acids is 1. The number of primary amides is 1. The van der Waals surface area contributed by atoms with E-state index in [1.165, 1.54) is 0 Å². The van der Waals surface area contributed by atoms with Gasteiger partial charge in [0.2, 0.25) is 14.9 Å². The summed E-state index contributed by atoms with van der Waals surface area (Å²) < 4.78 is 6.19. The number of rotatable bonds is 6. The molecule has 0 saturated heterocycles. The number of aromatic nitrogens is 1. The van der Waals surface area contributed by atoms with E-state index in [0.717, 1.165) is 24.1 Å². The molecule has 4 nitrogen and oxygen atoms in total. The first-order valence-corrected chi connectivity index (χ1v) is 10.3. The van der Waals surface area contributed by atoms with Gasteiger partial charge in [-0.05, 0) is 43.0 Å². The largest absolute Gasteiger partial charge is 0.410 e. The van der Waals surface area contributed by atoms with Crippen LogP contribution >= 0.6 is 0 Å². The Labute approximate surface area is 135 Å². The van der Waals surface area contributed by atoms with Crippen LogP contribution in [0.1, 0.15) is 57.4 Å². The Morgan fingerprint density at radius 1 is 1.41 bits per heavy atom. The molecular formula is C17H27N2O2Si. The Bertz CT molecular complexity index is 531. The van der Waals surface area contributed by atoms with E-state index in [2.05, 4.69) is 44.9 Å². The minimum atomic E-state index is -0.793. The SMILES string of the molecule is C[Si](C)OC(c1ccc(C2(CC(N)=O)CC2)nc1)C(C)(C)C. The van der Waals surface area contributed by atoms with E-state index in [1.807, 2.05) is 12.3 Å². The molecule has 0 bridgehead atoms. The molecular weight excluding hydrogens is 292 g/mol. The highest BCUT2D eigenvalue weighted by Gasteiger charge is 2.46. The van der Waals surface area contributed by atoms with E-state index in [9.17, 15) is 4.79 Å². The molecule has 1 heterocycles. The maximum absolute atomic E-state index is 11.2. The summed E-state index contributed by atoms with van der Waals surface area (Å²) >= 11 is 0. The van der Waals surface area contributed by atoms with Crippen LogP contribution in [0.5, 0.6) is 0 Å². The molecule has 1 aliphatic rings. The van der Waals surface area contributed by atoms with E-state index in [1.54, 1.807) is 0 Å². The van der Waals surface area contributed by atoms with Crippen molar-refractivity contribution in [3.05, 3.63) is 29.6 Å². The highest BCUT2D eigenvalue weighted by Crippen LogP contribution is 2.50. The van der Waals surface area contributed by atoms with Gasteiger partial charge < -0.3 is 10.2 Å². The van der Waals surface area contributed by atoms with Crippen LogP contribution in [0.15, 0.2) is 18.3 Å². The molecule has 5 heteroatoms. The fourth-order valence-electron chi connectivity index (χ4n) is 2.86. The van der Waals surface area contributed by atoms with Crippen molar-refractivity contribution < 1.29 is 9.22 Å². The second kappa shape index (κ2) is 6.12. The number of pyridine rings is 1. The second-order valence-corrected chi connectivity index (χ2v) is 9.72. The third-order valence-corrected chi connectivity index (χ3v) is 4.85. The Hall–Kier alpha value is -1.20. The van der Waals surface area contributed by atoms with Crippen LogP contribution in [0.3, 0.4) is 0 Å². The van der Waals surface area contributed by atoms with Crippen molar-refractivity contribution >= 4 is 14.9 Å². The summed E-state index contributed by atoms with van der Waals surface area (Å²) in [7, 11) is -0.793. The molecule has 1 aromatic rings. The highest BCUT2D eigenvalue weighted by molar-refractivity contribution is 6.48. The minimum Gasteiger partial charge on any atom is -0.410 e. The maximum Gasteiger partial charge on any atom is 0.218 e. The normalized spacial score (nSPS) is 18.3. The molecule has 1 unspecified atom stereocenters. The summed E-state index contributed by atoms with van der Waals surface area (Å²) in [5, 5.41) is 0. The van der Waals surface area contributed by atoms with Crippen molar-refractivity contribution in [3.8, 4) is 0 Å². The fraction of sp³-hybridized carbons (Fsp3) is 0.647. The first kappa shape index (κ1) is 17.2. The molecule has 0 aromatic carbocycles. The lowest BCUT2D eigenvalue weighted by atomic mass is 9.85. The van der Waals surface area contributed by atoms with Crippen LogP contribution in [0.4, 0.5) is 0 Å². The topological polar surface area (TPSA) is 65.2 Å². The van der Waals surface area contributed by atoms with Gasteiger partial charge in [-0.25, -0.2) is 0 Å². The van der Waals surface area contributed by atoms with Crippen LogP contribution in [-0.2, 0) is 14.6 Å². The van der Waals surface area contributed by atoms with E-state index in [4.69, 9.17) is 10.2 Å². The first-order valence-electron chi connectivity index (χ1n) is 7.86. The quantitative estimate of drug-likeness (QED) is 0.818. The van der Waals surface area contributed by atoms with Crippen LogP contribution in [-0.4, -0.2) is 19.9 Å². The molecule has 1 saturated carbocycles. The standard InChI is InChI=1S/C17H27N2O2Si/c1-16(2,3)15(21-22(4)5)12-6-7-13(19-11-12)17(8-9-17)10-14(18)20/h6-7,11,15H,8-10H2,1-5H3,(H2,18,20). The van der Waals surface area contributed by atoms with Gasteiger partial charge in [0.1, 0.15) is 0 Å². The molecule has 1 aliphatic carbocycles. The molecule has 2 N–H and O–H groups in total. The van der Waals surface area contributed by atoms with Crippen molar-refractivity contribution in [2.45, 2.75) is 64.6 Å². The van der Waals surface area contributed by atoms with Crippen molar-refractivity contribution in [2.24, 2.45) is 11.1 Å². The van der Waals surface area contributed by atoms with Crippen LogP contribution in [0.2, 0.25) is 13.1 Å². The lowest BCUT2D eigenvalue weighted by Crippen LogP contribution is -2.26. The zero-order valence-electron chi connectivity index (χ0n) is 14.3. The lowest BCUT2D eigenvalue weighted by Gasteiger charge is -2.32. The summed E-state index contributed by atoms with van der Waals surface area (Å²) in [6, 6.07) is 4.15. The Morgan fingerprint density at radius 3 is 2.41 bits per heavy atom. The number of hydrogen-bond acceptors (Lipinski definition) is 3. The van der Waals surface area contributed by atoms with Gasteiger partial charge in [-0.1, -0.05) is 26.8 Å². The molecule has 0 aliphatic heterocycles. The number of amides is 1. The molecule has 121 valence electrons. The van der Waals surface area contributed by atoms with Gasteiger partial charge in [-0.2, -0.15) is 0 Å². The van der Waals surface area contributed by atoms with Crippen LogP contribution in [0.25, 0.3) is 0 Å². The number of hydrogen-bond donors (Lipinski definition) is 1. The summed E-state index contributed by atoms with van der Waals surface area (Å²) in [6.07, 6.45) is 4.35. The molecule has 0 spiro atoms. The number of carbonyl (C=O) groups is 1. The van der Waals surface area contributed by atoms with Gasteiger partial charge in [0.25, 0.3) is 0 Å². The third kappa shape index (κ3) is 3.96. The summed E-state index contributed by atoms with van der Waals surface area (Å²) in [4.78, 5) is 15.9. The predicted molar refractivity (Wildman–Crippen MR) is 89.7 cm³/mol. The Kier molecular flexibility index (Phi) is 4.78. The Morgan fingerprint density at radius 2 is 2.05 bits per heavy atom. The van der Waals surface area contributed by atoms with Gasteiger partial charge in [0.05, 0.1) is 6.10 Å². The average molecular weight is 320 g/mol. The fourth-order valence-corrected chi connectivity index (χ4v) is 3.82. The van der Waals surface area contributed by atoms with Gasteiger partial charge in [0.15, 0.2) is 0 Å². The number of nitrogens with two attached hydrogens (primary N) is 1. The maximum atomic E-state index is 11.2. The van der Waals surface area contributed by atoms with Gasteiger partial charge in [-0.3, -0.25) is 9.78 Å². The summed E-state index contributed by atoms with van der Waals surface area (Å²) in [6.45, 7) is 10.9. The summed E-state index contributed by atoms with van der Waals surface area (Å²) in [5.41, 5.74) is 7.38. The van der Waals surface area contributed by atoms with Crippen molar-refractivity contribution in [1.82, 2.24) is 4.98 Å². The molecule has 1 atom stereocenters. The molecule has 22 heavy (non-hydrogen) atoms. The van der Waals surface area contributed by atoms with E-state index in [0.29, 0.717) is 6.42 Å². The van der Waals surface area contributed by atoms with Gasteiger partial charge >= 0.3 is 0 Å². The van der Waals surface area contributed by atoms with Gasteiger partial charge in [-0.15, -0.1) is 0 Å². The number of nitrogens with zero attached hydrogens (tertiary/aromatic N) is 1. The Balaban J connectivity index is 2.22. The van der Waals surface area contributed by atoms with Crippen molar-refractivity contribution in [3.63, 3.8) is 0 Å². The van der Waals surface area contributed by atoms with Crippen molar-refractivity contribution in [1.29, 1.82) is 0 Å². The highest BCUT2D eigenvalue weighted by atomic mass is 28.3. The monoisotopic (exact) mass is 319 g/mol. The van der Waals surface area contributed by atoms with E-state index < -0.39 is 9.04 Å². The molecule has 1 fully saturated rings. The van der Waals surface area contributed by atoms with Crippen LogP contribution < -0.4 is 5.73 Å².